The molecule has 0 aliphatic heterocycles. The lowest BCUT2D eigenvalue weighted by Gasteiger charge is -2.36. The fourth-order valence-electron chi connectivity index (χ4n) is 1.59. The molecule has 2 N–H and O–H groups in total. The van der Waals surface area contributed by atoms with E-state index in [0.717, 1.165) is 6.42 Å². The molecule has 0 aromatic heterocycles. The molecule has 0 saturated carbocycles. The van der Waals surface area contributed by atoms with E-state index in [-0.39, 0.29) is 24.9 Å². The number of nitrogens with two attached hydrogens (primary N) is 1. The third-order valence-corrected chi connectivity index (χ3v) is 3.69. The van der Waals surface area contributed by atoms with Crippen LogP contribution in [0.3, 0.4) is 0 Å². The molecule has 0 radical (unpaired) electrons. The molecule has 0 bridgehead atoms. The summed E-state index contributed by atoms with van der Waals surface area (Å²) in [6.45, 7) is 6.66. The second-order valence-electron chi connectivity index (χ2n) is 5.19. The number of hydrogen-bond acceptors (Lipinski definition) is 2. The van der Waals surface area contributed by atoms with E-state index < -0.39 is 12.1 Å². The van der Waals surface area contributed by atoms with Gasteiger partial charge in [0.15, 0.2) is 0 Å². The van der Waals surface area contributed by atoms with Crippen molar-refractivity contribution in [1.29, 1.82) is 0 Å². The second kappa shape index (κ2) is 6.59. The topological polar surface area (TPSA) is 29.3 Å². The van der Waals surface area contributed by atoms with E-state index in [2.05, 4.69) is 0 Å². The number of alkyl halides is 3. The number of rotatable bonds is 7. The van der Waals surface area contributed by atoms with Crippen LogP contribution in [0.1, 0.15) is 40.0 Å². The molecule has 0 saturated heterocycles. The van der Waals surface area contributed by atoms with Gasteiger partial charge in [-0.3, -0.25) is 0 Å². The summed E-state index contributed by atoms with van der Waals surface area (Å²) < 4.78 is 38.0. The van der Waals surface area contributed by atoms with Gasteiger partial charge in [-0.05, 0) is 53.2 Å². The minimum Gasteiger partial charge on any atom is -0.330 e. The molecule has 104 valence electrons. The average molecular weight is 254 g/mol. The van der Waals surface area contributed by atoms with Gasteiger partial charge in [-0.15, -0.1) is 0 Å². The van der Waals surface area contributed by atoms with Crippen LogP contribution in [0, 0.1) is 5.92 Å². The molecule has 1 unspecified atom stereocenters. The molecule has 0 spiro atoms. The summed E-state index contributed by atoms with van der Waals surface area (Å²) in [7, 11) is 1.87. The molecule has 0 amide bonds. The largest absolute Gasteiger partial charge is 0.391 e. The maximum Gasteiger partial charge on any atom is 0.391 e. The number of halogens is 3. The fraction of sp³-hybridized carbons (Fsp3) is 1.00. The van der Waals surface area contributed by atoms with Crippen molar-refractivity contribution < 1.29 is 13.2 Å². The van der Waals surface area contributed by atoms with Gasteiger partial charge in [0.2, 0.25) is 0 Å². The predicted molar refractivity (Wildman–Crippen MR) is 64.8 cm³/mol. The summed E-state index contributed by atoms with van der Waals surface area (Å²) in [5.41, 5.74) is 5.17. The van der Waals surface area contributed by atoms with Crippen molar-refractivity contribution in [2.75, 3.05) is 20.1 Å². The standard InChI is InChI=1S/C12H25F3N2/c1-5-11(2,3)17(4)9-7-10(6-8-16)12(13,14)15/h10H,5-9,16H2,1-4H3. The van der Waals surface area contributed by atoms with E-state index in [1.807, 2.05) is 32.7 Å². The van der Waals surface area contributed by atoms with Crippen LogP contribution in [0.4, 0.5) is 13.2 Å². The van der Waals surface area contributed by atoms with Gasteiger partial charge in [-0.25, -0.2) is 0 Å². The Morgan fingerprint density at radius 3 is 2.06 bits per heavy atom. The smallest absolute Gasteiger partial charge is 0.330 e. The Bertz CT molecular complexity index is 214. The summed E-state index contributed by atoms with van der Waals surface area (Å²) in [5, 5.41) is 0. The lowest BCUT2D eigenvalue weighted by molar-refractivity contribution is -0.178. The number of hydrogen-bond donors (Lipinski definition) is 1. The highest BCUT2D eigenvalue weighted by Gasteiger charge is 2.38. The Hall–Kier alpha value is -0.290. The van der Waals surface area contributed by atoms with E-state index in [4.69, 9.17) is 5.73 Å². The zero-order valence-corrected chi connectivity index (χ0v) is 11.3. The molecule has 0 aliphatic carbocycles. The highest BCUT2D eigenvalue weighted by molar-refractivity contribution is 4.79. The van der Waals surface area contributed by atoms with Gasteiger partial charge in [-0.2, -0.15) is 13.2 Å². The first-order chi connectivity index (χ1) is 7.65. The third kappa shape index (κ3) is 5.73. The highest BCUT2D eigenvalue weighted by Crippen LogP contribution is 2.31. The van der Waals surface area contributed by atoms with Gasteiger partial charge in [0, 0.05) is 5.54 Å². The van der Waals surface area contributed by atoms with Crippen molar-refractivity contribution in [2.45, 2.75) is 51.7 Å². The second-order valence-corrected chi connectivity index (χ2v) is 5.19. The zero-order chi connectivity index (χ0) is 13.7. The Kier molecular flexibility index (Phi) is 6.48. The quantitative estimate of drug-likeness (QED) is 0.756. The summed E-state index contributed by atoms with van der Waals surface area (Å²) in [6.07, 6.45) is -3.07. The first-order valence-electron chi connectivity index (χ1n) is 6.13. The van der Waals surface area contributed by atoms with Crippen LogP contribution < -0.4 is 5.73 Å². The van der Waals surface area contributed by atoms with Crippen LogP contribution in [0.5, 0.6) is 0 Å². The van der Waals surface area contributed by atoms with Crippen molar-refractivity contribution >= 4 is 0 Å². The molecule has 0 rings (SSSR count). The summed E-state index contributed by atoms with van der Waals surface area (Å²) in [4.78, 5) is 1.99. The average Bonchev–Trinajstić information content (AvgIpc) is 2.21. The van der Waals surface area contributed by atoms with Crippen molar-refractivity contribution in [1.82, 2.24) is 4.90 Å². The molecule has 2 nitrogen and oxygen atoms in total. The lowest BCUT2D eigenvalue weighted by Crippen LogP contribution is -2.42. The van der Waals surface area contributed by atoms with Crippen LogP contribution >= 0.6 is 0 Å². The molecule has 1 atom stereocenters. The minimum absolute atomic E-state index is 0.0178. The third-order valence-electron chi connectivity index (χ3n) is 3.69. The van der Waals surface area contributed by atoms with Crippen LogP contribution in [-0.2, 0) is 0 Å². The van der Waals surface area contributed by atoms with Crippen molar-refractivity contribution in [3.05, 3.63) is 0 Å². The molecule has 17 heavy (non-hydrogen) atoms. The van der Waals surface area contributed by atoms with E-state index in [1.54, 1.807) is 0 Å². The fourth-order valence-corrected chi connectivity index (χ4v) is 1.59. The summed E-state index contributed by atoms with van der Waals surface area (Å²) in [6, 6.07) is 0. The SMILES string of the molecule is CCC(C)(C)N(C)CCC(CCN)C(F)(F)F. The summed E-state index contributed by atoms with van der Waals surface area (Å²) >= 11 is 0. The van der Waals surface area contributed by atoms with E-state index >= 15 is 0 Å². The molecule has 0 fully saturated rings. The Morgan fingerprint density at radius 1 is 1.18 bits per heavy atom. The van der Waals surface area contributed by atoms with Crippen LogP contribution in [0.25, 0.3) is 0 Å². The van der Waals surface area contributed by atoms with E-state index in [0.29, 0.717) is 6.54 Å². The molecule has 0 aromatic rings. The molecule has 0 aromatic carbocycles. The van der Waals surface area contributed by atoms with Crippen molar-refractivity contribution in [2.24, 2.45) is 11.7 Å². The molecule has 0 aliphatic rings. The Labute approximate surface area is 102 Å². The van der Waals surface area contributed by atoms with Gasteiger partial charge >= 0.3 is 6.18 Å². The van der Waals surface area contributed by atoms with Crippen LogP contribution in [0.15, 0.2) is 0 Å². The molecular formula is C12H25F3N2. The number of nitrogens with zero attached hydrogens (tertiary/aromatic N) is 1. The molecule has 0 heterocycles. The zero-order valence-electron chi connectivity index (χ0n) is 11.3. The maximum atomic E-state index is 12.7. The predicted octanol–water partition coefficient (Wildman–Crippen LogP) is 3.02. The van der Waals surface area contributed by atoms with Gasteiger partial charge in [0.25, 0.3) is 0 Å². The van der Waals surface area contributed by atoms with Gasteiger partial charge in [0.1, 0.15) is 0 Å². The van der Waals surface area contributed by atoms with Gasteiger partial charge in [0.05, 0.1) is 5.92 Å². The first-order valence-corrected chi connectivity index (χ1v) is 6.13. The molecule has 5 heteroatoms. The first kappa shape index (κ1) is 16.7. The lowest BCUT2D eigenvalue weighted by atomic mass is 9.96. The van der Waals surface area contributed by atoms with E-state index in [1.165, 1.54) is 0 Å². The van der Waals surface area contributed by atoms with Crippen molar-refractivity contribution in [3.8, 4) is 0 Å². The van der Waals surface area contributed by atoms with Crippen LogP contribution in [0.2, 0.25) is 0 Å². The van der Waals surface area contributed by atoms with E-state index in [9.17, 15) is 13.2 Å². The molecular weight excluding hydrogens is 229 g/mol. The summed E-state index contributed by atoms with van der Waals surface area (Å²) in [5.74, 6) is -1.28. The normalized spacial score (nSPS) is 15.4. The highest BCUT2D eigenvalue weighted by atomic mass is 19.4. The van der Waals surface area contributed by atoms with Crippen LogP contribution in [-0.4, -0.2) is 36.8 Å². The Balaban J connectivity index is 4.32. The minimum atomic E-state index is -4.13. The van der Waals surface area contributed by atoms with Crippen molar-refractivity contribution in [3.63, 3.8) is 0 Å². The Morgan fingerprint density at radius 2 is 1.71 bits per heavy atom. The van der Waals surface area contributed by atoms with Gasteiger partial charge < -0.3 is 10.6 Å². The van der Waals surface area contributed by atoms with Gasteiger partial charge in [-0.1, -0.05) is 6.92 Å². The monoisotopic (exact) mass is 254 g/mol. The maximum absolute atomic E-state index is 12.7.